The third-order valence-corrected chi connectivity index (χ3v) is 4.13. The Hall–Kier alpha value is -3.20. The molecular weight excluding hydrogens is 322 g/mol. The Labute approximate surface area is 154 Å². The van der Waals surface area contributed by atoms with Gasteiger partial charge in [-0.3, -0.25) is 9.78 Å². The number of hydrogen-bond acceptors (Lipinski definition) is 3. The summed E-state index contributed by atoms with van der Waals surface area (Å²) < 4.78 is 5.16. The molecule has 3 nitrogen and oxygen atoms in total. The predicted molar refractivity (Wildman–Crippen MR) is 105 cm³/mol. The fourth-order valence-corrected chi connectivity index (χ4v) is 3.05. The van der Waals surface area contributed by atoms with Crippen LogP contribution in [0, 0.1) is 0 Å². The van der Waals surface area contributed by atoms with Crippen LogP contribution in [0.2, 0.25) is 0 Å². The van der Waals surface area contributed by atoms with Crippen LogP contribution in [0.3, 0.4) is 0 Å². The van der Waals surface area contributed by atoms with Gasteiger partial charge in [0.1, 0.15) is 5.75 Å². The Kier molecular flexibility index (Phi) is 5.59. The molecule has 3 aromatic rings. The largest absolute Gasteiger partial charge is 0.427 e. The van der Waals surface area contributed by atoms with Crippen LogP contribution in [-0.2, 0) is 4.79 Å². The van der Waals surface area contributed by atoms with E-state index < -0.39 is 0 Å². The van der Waals surface area contributed by atoms with Crippen LogP contribution in [0.25, 0.3) is 11.1 Å². The first kappa shape index (κ1) is 17.6. The zero-order valence-corrected chi connectivity index (χ0v) is 15.0. The van der Waals surface area contributed by atoms with Gasteiger partial charge in [0.05, 0.1) is 0 Å². The van der Waals surface area contributed by atoms with E-state index >= 15 is 0 Å². The summed E-state index contributed by atoms with van der Waals surface area (Å²) in [5.41, 5.74) is 5.71. The van der Waals surface area contributed by atoms with Gasteiger partial charge in [-0.25, -0.2) is 0 Å². The van der Waals surface area contributed by atoms with Crippen molar-refractivity contribution >= 4 is 17.1 Å². The number of aromatic nitrogens is 1. The SMILES string of the molecule is CC/C(=C(\c1ccc(OC(C)=O)cc1)c1cccnc1)c1ccccc1. The Balaban J connectivity index is 2.16. The topological polar surface area (TPSA) is 39.2 Å². The molecular formula is C23H21NO2. The number of ether oxygens (including phenoxy) is 1. The molecule has 0 bridgehead atoms. The van der Waals surface area contributed by atoms with E-state index in [0.29, 0.717) is 5.75 Å². The molecule has 2 aromatic carbocycles. The Bertz CT molecular complexity index is 898. The van der Waals surface area contributed by atoms with E-state index in [1.54, 1.807) is 6.20 Å². The quantitative estimate of drug-likeness (QED) is 0.355. The van der Waals surface area contributed by atoms with Crippen molar-refractivity contribution in [3.8, 4) is 5.75 Å². The van der Waals surface area contributed by atoms with Crippen molar-refractivity contribution in [2.45, 2.75) is 20.3 Å². The summed E-state index contributed by atoms with van der Waals surface area (Å²) >= 11 is 0. The van der Waals surface area contributed by atoms with Gasteiger partial charge in [-0.05, 0) is 46.9 Å². The number of carbonyl (C=O) groups is 1. The minimum atomic E-state index is -0.320. The molecule has 0 saturated carbocycles. The van der Waals surface area contributed by atoms with Gasteiger partial charge in [0, 0.05) is 24.9 Å². The summed E-state index contributed by atoms with van der Waals surface area (Å²) in [6.07, 6.45) is 4.55. The highest BCUT2D eigenvalue weighted by atomic mass is 16.5. The molecule has 0 amide bonds. The van der Waals surface area contributed by atoms with Crippen LogP contribution in [0.15, 0.2) is 79.1 Å². The lowest BCUT2D eigenvalue weighted by Crippen LogP contribution is -2.01. The molecule has 0 radical (unpaired) electrons. The molecule has 1 aromatic heterocycles. The van der Waals surface area contributed by atoms with Crippen molar-refractivity contribution in [2.24, 2.45) is 0 Å². The summed E-state index contributed by atoms with van der Waals surface area (Å²) in [5, 5.41) is 0. The maximum Gasteiger partial charge on any atom is 0.308 e. The van der Waals surface area contributed by atoms with Crippen LogP contribution in [-0.4, -0.2) is 11.0 Å². The molecule has 0 fully saturated rings. The molecule has 3 rings (SSSR count). The van der Waals surface area contributed by atoms with Crippen molar-refractivity contribution in [1.82, 2.24) is 4.98 Å². The van der Waals surface area contributed by atoms with Crippen molar-refractivity contribution in [1.29, 1.82) is 0 Å². The standard InChI is InChI=1S/C23H21NO2/c1-3-22(18-8-5-4-6-9-18)23(20-10-7-15-24-16-20)19-11-13-21(14-12-19)26-17(2)25/h4-16H,3H2,1-2H3/b23-22-. The Morgan fingerprint density at radius 2 is 1.58 bits per heavy atom. The summed E-state index contributed by atoms with van der Waals surface area (Å²) in [6.45, 7) is 3.56. The normalized spacial score (nSPS) is 11.6. The fraction of sp³-hybridized carbons (Fsp3) is 0.130. The molecule has 0 spiro atoms. The van der Waals surface area contributed by atoms with Crippen molar-refractivity contribution in [3.05, 3.63) is 95.8 Å². The van der Waals surface area contributed by atoms with Gasteiger partial charge in [-0.15, -0.1) is 0 Å². The van der Waals surface area contributed by atoms with Gasteiger partial charge in [-0.2, -0.15) is 0 Å². The number of carbonyl (C=O) groups excluding carboxylic acids is 1. The summed E-state index contributed by atoms with van der Waals surface area (Å²) in [7, 11) is 0. The molecule has 130 valence electrons. The minimum absolute atomic E-state index is 0.320. The smallest absolute Gasteiger partial charge is 0.308 e. The van der Waals surface area contributed by atoms with Crippen molar-refractivity contribution < 1.29 is 9.53 Å². The van der Waals surface area contributed by atoms with Crippen molar-refractivity contribution in [3.63, 3.8) is 0 Å². The number of allylic oxidation sites excluding steroid dienone is 1. The number of pyridine rings is 1. The maximum atomic E-state index is 11.2. The van der Waals surface area contributed by atoms with Gasteiger partial charge in [0.25, 0.3) is 0 Å². The molecule has 26 heavy (non-hydrogen) atoms. The second-order valence-corrected chi connectivity index (χ2v) is 5.93. The van der Waals surface area contributed by atoms with Crippen LogP contribution >= 0.6 is 0 Å². The zero-order valence-electron chi connectivity index (χ0n) is 15.0. The molecule has 1 heterocycles. The highest BCUT2D eigenvalue weighted by Gasteiger charge is 2.13. The van der Waals surface area contributed by atoms with Gasteiger partial charge >= 0.3 is 5.97 Å². The molecule has 0 aliphatic rings. The molecule has 0 N–H and O–H groups in total. The van der Waals surface area contributed by atoms with Crippen molar-refractivity contribution in [2.75, 3.05) is 0 Å². The van der Waals surface area contributed by atoms with Crippen LogP contribution in [0.1, 0.15) is 37.0 Å². The molecule has 0 unspecified atom stereocenters. The molecule has 0 saturated heterocycles. The Morgan fingerprint density at radius 1 is 0.885 bits per heavy atom. The minimum Gasteiger partial charge on any atom is -0.427 e. The number of hydrogen-bond donors (Lipinski definition) is 0. The van der Waals surface area contributed by atoms with E-state index in [-0.39, 0.29) is 5.97 Å². The van der Waals surface area contributed by atoms with E-state index in [1.165, 1.54) is 18.1 Å². The van der Waals surface area contributed by atoms with Crippen LogP contribution in [0.5, 0.6) is 5.75 Å². The first-order valence-corrected chi connectivity index (χ1v) is 8.67. The lowest BCUT2D eigenvalue weighted by Gasteiger charge is -2.16. The lowest BCUT2D eigenvalue weighted by atomic mass is 9.89. The molecule has 3 heteroatoms. The van der Waals surface area contributed by atoms with Gasteiger partial charge in [0.15, 0.2) is 0 Å². The van der Waals surface area contributed by atoms with Gasteiger partial charge in [-0.1, -0.05) is 55.5 Å². The lowest BCUT2D eigenvalue weighted by molar-refractivity contribution is -0.131. The summed E-state index contributed by atoms with van der Waals surface area (Å²) in [4.78, 5) is 15.4. The number of rotatable bonds is 5. The average Bonchev–Trinajstić information content (AvgIpc) is 2.68. The number of nitrogens with zero attached hydrogens (tertiary/aromatic N) is 1. The number of benzene rings is 2. The van der Waals surface area contributed by atoms with E-state index in [0.717, 1.165) is 23.1 Å². The first-order valence-electron chi connectivity index (χ1n) is 8.67. The highest BCUT2D eigenvalue weighted by molar-refractivity contribution is 5.98. The number of esters is 1. The zero-order chi connectivity index (χ0) is 18.4. The van der Waals surface area contributed by atoms with E-state index in [9.17, 15) is 4.79 Å². The fourth-order valence-electron chi connectivity index (χ4n) is 3.05. The molecule has 0 atom stereocenters. The van der Waals surface area contributed by atoms with E-state index in [2.05, 4.69) is 42.2 Å². The van der Waals surface area contributed by atoms with Crippen LogP contribution < -0.4 is 4.74 Å². The molecule has 0 aliphatic heterocycles. The summed E-state index contributed by atoms with van der Waals surface area (Å²) in [5.74, 6) is 0.226. The average molecular weight is 343 g/mol. The third kappa shape index (κ3) is 4.06. The monoisotopic (exact) mass is 343 g/mol. The third-order valence-electron chi connectivity index (χ3n) is 4.13. The first-order chi connectivity index (χ1) is 12.7. The molecule has 0 aliphatic carbocycles. The second-order valence-electron chi connectivity index (χ2n) is 5.93. The van der Waals surface area contributed by atoms with Gasteiger partial charge in [0.2, 0.25) is 0 Å². The second kappa shape index (κ2) is 8.26. The highest BCUT2D eigenvalue weighted by Crippen LogP contribution is 2.34. The van der Waals surface area contributed by atoms with Crippen LogP contribution in [0.4, 0.5) is 0 Å². The Morgan fingerprint density at radius 3 is 2.15 bits per heavy atom. The van der Waals surface area contributed by atoms with E-state index in [4.69, 9.17) is 4.74 Å². The maximum absolute atomic E-state index is 11.2. The predicted octanol–water partition coefficient (Wildman–Crippen LogP) is 5.38. The van der Waals surface area contributed by atoms with Gasteiger partial charge < -0.3 is 4.74 Å². The summed E-state index contributed by atoms with van der Waals surface area (Å²) in [6, 6.07) is 22.0. The van der Waals surface area contributed by atoms with E-state index in [1.807, 2.05) is 42.6 Å².